The third-order valence-corrected chi connectivity index (χ3v) is 9.05. The molecule has 0 radical (unpaired) electrons. The first-order valence-electron chi connectivity index (χ1n) is 12.1. The van der Waals surface area contributed by atoms with Crippen LogP contribution in [0.25, 0.3) is 0 Å². The first-order chi connectivity index (χ1) is 14.0. The molecule has 0 bridgehead atoms. The Balaban J connectivity index is 1.81. The topological polar surface area (TPSA) is 83.8 Å². The molecule has 0 amide bonds. The highest BCUT2D eigenvalue weighted by Gasteiger charge is 2.63. The van der Waals surface area contributed by atoms with Crippen LogP contribution in [-0.2, 0) is 14.3 Å². The molecule has 2 N–H and O–H groups in total. The van der Waals surface area contributed by atoms with E-state index in [1.807, 2.05) is 6.92 Å². The molecule has 2 saturated carbocycles. The van der Waals surface area contributed by atoms with Crippen molar-refractivity contribution in [2.24, 2.45) is 40.9 Å². The van der Waals surface area contributed by atoms with Gasteiger partial charge in [-0.15, -0.1) is 0 Å². The van der Waals surface area contributed by atoms with E-state index in [0.717, 1.165) is 25.2 Å². The van der Waals surface area contributed by atoms with Crippen LogP contribution >= 0.6 is 0 Å². The van der Waals surface area contributed by atoms with Gasteiger partial charge in [-0.05, 0) is 73.5 Å². The summed E-state index contributed by atoms with van der Waals surface area (Å²) in [6, 6.07) is 0. The van der Waals surface area contributed by atoms with Crippen molar-refractivity contribution >= 4 is 11.9 Å². The SMILES string of the molecule is CC(C)CCC[C@@H](C)[C@H]1CC[C@H]2[C@@H]3[C@@H](CC(=O)O)O[C@@](C)(CC(=O)O)[C@H]3CC[C@]12C. The molecule has 2 aliphatic carbocycles. The first kappa shape index (κ1) is 23.6. The fraction of sp³-hybridized carbons (Fsp3) is 0.920. The Morgan fingerprint density at radius 3 is 2.30 bits per heavy atom. The van der Waals surface area contributed by atoms with Crippen LogP contribution < -0.4 is 0 Å². The molecule has 0 aromatic carbocycles. The maximum atomic E-state index is 11.6. The molecule has 5 nitrogen and oxygen atoms in total. The summed E-state index contributed by atoms with van der Waals surface area (Å²) in [4.78, 5) is 23.1. The van der Waals surface area contributed by atoms with E-state index in [2.05, 4.69) is 27.7 Å². The zero-order chi connectivity index (χ0) is 22.3. The number of carboxylic acids is 2. The lowest BCUT2D eigenvalue weighted by molar-refractivity contribution is -0.148. The fourth-order valence-electron chi connectivity index (χ4n) is 7.78. The molecule has 0 aromatic heterocycles. The minimum atomic E-state index is -0.858. The summed E-state index contributed by atoms with van der Waals surface area (Å²) in [5, 5.41) is 19.0. The van der Waals surface area contributed by atoms with E-state index in [1.54, 1.807) is 0 Å². The summed E-state index contributed by atoms with van der Waals surface area (Å²) in [5.74, 6) is 1.15. The summed E-state index contributed by atoms with van der Waals surface area (Å²) in [6.07, 6.45) is 7.81. The Hall–Kier alpha value is -1.10. The second kappa shape index (κ2) is 8.80. The molecule has 5 heteroatoms. The van der Waals surface area contributed by atoms with E-state index < -0.39 is 17.5 Å². The van der Waals surface area contributed by atoms with Gasteiger partial charge in [-0.3, -0.25) is 9.59 Å². The van der Waals surface area contributed by atoms with Gasteiger partial charge in [0.05, 0.1) is 24.5 Å². The van der Waals surface area contributed by atoms with Crippen molar-refractivity contribution in [2.75, 3.05) is 0 Å². The summed E-state index contributed by atoms with van der Waals surface area (Å²) in [7, 11) is 0. The van der Waals surface area contributed by atoms with Gasteiger partial charge in [0, 0.05) is 0 Å². The van der Waals surface area contributed by atoms with Crippen LogP contribution in [0.15, 0.2) is 0 Å². The summed E-state index contributed by atoms with van der Waals surface area (Å²) in [5.41, 5.74) is -0.536. The zero-order valence-corrected chi connectivity index (χ0v) is 19.5. The highest BCUT2D eigenvalue weighted by Crippen LogP contribution is 2.66. The minimum absolute atomic E-state index is 0.0163. The highest BCUT2D eigenvalue weighted by molar-refractivity contribution is 5.69. The van der Waals surface area contributed by atoms with Crippen LogP contribution in [0.4, 0.5) is 0 Å². The average molecular weight is 423 g/mol. The number of carboxylic acid groups (broad SMARTS) is 2. The number of fused-ring (bicyclic) bond motifs is 3. The molecule has 3 aliphatic rings. The smallest absolute Gasteiger partial charge is 0.306 e. The molecule has 8 atom stereocenters. The van der Waals surface area contributed by atoms with Gasteiger partial charge >= 0.3 is 11.9 Å². The molecule has 172 valence electrons. The lowest BCUT2D eigenvalue weighted by Crippen LogP contribution is -2.47. The van der Waals surface area contributed by atoms with Gasteiger partial charge in [-0.1, -0.05) is 47.0 Å². The number of aliphatic carboxylic acids is 2. The highest BCUT2D eigenvalue weighted by atomic mass is 16.5. The number of ether oxygens (including phenoxy) is 1. The van der Waals surface area contributed by atoms with Crippen molar-refractivity contribution in [3.05, 3.63) is 0 Å². The molecule has 1 aliphatic heterocycles. The Labute approximate surface area is 182 Å². The van der Waals surface area contributed by atoms with Gasteiger partial charge < -0.3 is 14.9 Å². The maximum Gasteiger partial charge on any atom is 0.306 e. The Morgan fingerprint density at radius 1 is 1.00 bits per heavy atom. The van der Waals surface area contributed by atoms with Gasteiger partial charge in [0.2, 0.25) is 0 Å². The first-order valence-corrected chi connectivity index (χ1v) is 12.1. The fourth-order valence-corrected chi connectivity index (χ4v) is 7.78. The van der Waals surface area contributed by atoms with E-state index in [9.17, 15) is 19.8 Å². The third-order valence-electron chi connectivity index (χ3n) is 9.05. The van der Waals surface area contributed by atoms with Crippen molar-refractivity contribution in [1.29, 1.82) is 0 Å². The lowest BCUT2D eigenvalue weighted by atomic mass is 9.53. The van der Waals surface area contributed by atoms with Crippen LogP contribution in [0, 0.1) is 40.9 Å². The van der Waals surface area contributed by atoms with Crippen LogP contribution in [0.3, 0.4) is 0 Å². The molecule has 3 fully saturated rings. The molecule has 3 rings (SSSR count). The number of rotatable bonds is 9. The molecule has 30 heavy (non-hydrogen) atoms. The Morgan fingerprint density at radius 2 is 1.70 bits per heavy atom. The van der Waals surface area contributed by atoms with Crippen LogP contribution in [0.1, 0.15) is 92.4 Å². The number of carbonyl (C=O) groups is 2. The van der Waals surface area contributed by atoms with Crippen LogP contribution in [-0.4, -0.2) is 33.9 Å². The van der Waals surface area contributed by atoms with Crippen LogP contribution in [0.2, 0.25) is 0 Å². The van der Waals surface area contributed by atoms with E-state index in [1.165, 1.54) is 25.7 Å². The molecular weight excluding hydrogens is 380 g/mol. The molecule has 0 spiro atoms. The Kier molecular flexibility index (Phi) is 6.91. The maximum absolute atomic E-state index is 11.6. The Bertz CT molecular complexity index is 645. The zero-order valence-electron chi connectivity index (χ0n) is 19.5. The predicted octanol–water partition coefficient (Wildman–Crippen LogP) is 5.61. The van der Waals surface area contributed by atoms with Crippen LogP contribution in [0.5, 0.6) is 0 Å². The van der Waals surface area contributed by atoms with Gasteiger partial charge in [0.15, 0.2) is 0 Å². The number of hydrogen-bond donors (Lipinski definition) is 2. The van der Waals surface area contributed by atoms with Gasteiger partial charge in [0.25, 0.3) is 0 Å². The van der Waals surface area contributed by atoms with Gasteiger partial charge in [0.1, 0.15) is 0 Å². The monoisotopic (exact) mass is 422 g/mol. The second-order valence-corrected chi connectivity index (χ2v) is 11.5. The molecular formula is C25H42O5. The summed E-state index contributed by atoms with van der Waals surface area (Å²) in [6.45, 7) is 11.3. The minimum Gasteiger partial charge on any atom is -0.481 e. The second-order valence-electron chi connectivity index (χ2n) is 11.5. The third kappa shape index (κ3) is 4.42. The molecule has 0 aromatic rings. The van der Waals surface area contributed by atoms with E-state index in [0.29, 0.717) is 17.8 Å². The lowest BCUT2D eigenvalue weighted by Gasteiger charge is -2.50. The van der Waals surface area contributed by atoms with Crippen molar-refractivity contribution in [3.8, 4) is 0 Å². The van der Waals surface area contributed by atoms with Gasteiger partial charge in [-0.25, -0.2) is 0 Å². The van der Waals surface area contributed by atoms with E-state index in [4.69, 9.17) is 4.74 Å². The van der Waals surface area contributed by atoms with E-state index >= 15 is 0 Å². The van der Waals surface area contributed by atoms with Crippen molar-refractivity contribution in [2.45, 2.75) is 104 Å². The van der Waals surface area contributed by atoms with Crippen molar-refractivity contribution in [3.63, 3.8) is 0 Å². The quantitative estimate of drug-likeness (QED) is 0.504. The van der Waals surface area contributed by atoms with Crippen molar-refractivity contribution in [1.82, 2.24) is 0 Å². The van der Waals surface area contributed by atoms with Gasteiger partial charge in [-0.2, -0.15) is 0 Å². The summed E-state index contributed by atoms with van der Waals surface area (Å²) < 4.78 is 6.30. The van der Waals surface area contributed by atoms with E-state index in [-0.39, 0.29) is 36.2 Å². The molecule has 0 unspecified atom stereocenters. The largest absolute Gasteiger partial charge is 0.481 e. The standard InChI is InChI=1S/C25H42O5/c1-15(2)7-6-8-16(3)17-9-10-18-23-19(11-12-24(17,18)4)25(5,14-22(28)29)30-20(23)13-21(26)27/h15-20,23H,6-14H2,1-5H3,(H,26,27)(H,28,29)/t16-,17-,18+,19+,20-,23+,24-,25+/m1/s1. The normalized spacial score (nSPS) is 41.5. The summed E-state index contributed by atoms with van der Waals surface area (Å²) >= 11 is 0. The predicted molar refractivity (Wildman–Crippen MR) is 116 cm³/mol. The average Bonchev–Trinajstić information content (AvgIpc) is 3.07. The molecule has 1 saturated heterocycles. The number of hydrogen-bond acceptors (Lipinski definition) is 3. The van der Waals surface area contributed by atoms with Crippen molar-refractivity contribution < 1.29 is 24.5 Å². The molecule has 1 heterocycles.